The highest BCUT2D eigenvalue weighted by Crippen LogP contribution is 2.30. The van der Waals surface area contributed by atoms with E-state index in [9.17, 15) is 18.0 Å². The number of sulfone groups is 1. The summed E-state index contributed by atoms with van der Waals surface area (Å²) < 4.78 is 37.6. The van der Waals surface area contributed by atoms with Crippen molar-refractivity contribution in [1.29, 1.82) is 0 Å². The molecular formula is C23H20BrN3O6S. The molecule has 0 spiro atoms. The molecular weight excluding hydrogens is 526 g/mol. The zero-order valence-electron chi connectivity index (χ0n) is 18.2. The number of amides is 1. The van der Waals surface area contributed by atoms with E-state index >= 15 is 0 Å². The molecule has 2 aromatic heterocycles. The summed E-state index contributed by atoms with van der Waals surface area (Å²) in [4.78, 5) is 29.5. The molecule has 4 aromatic rings. The molecule has 0 fully saturated rings. The fourth-order valence-electron chi connectivity index (χ4n) is 3.23. The fourth-order valence-corrected chi connectivity index (χ4v) is 4.60. The van der Waals surface area contributed by atoms with Gasteiger partial charge in [0.05, 0.1) is 27.6 Å². The van der Waals surface area contributed by atoms with Crippen molar-refractivity contribution >= 4 is 43.0 Å². The van der Waals surface area contributed by atoms with Crippen molar-refractivity contribution in [3.05, 3.63) is 86.4 Å². The lowest BCUT2D eigenvalue weighted by Crippen LogP contribution is -2.16. The lowest BCUT2D eigenvalue weighted by Gasteiger charge is -2.14. The predicted molar refractivity (Wildman–Crippen MR) is 129 cm³/mol. The molecule has 2 aromatic carbocycles. The fraction of sp³-hybridized carbons (Fsp3) is 0.174. The monoisotopic (exact) mass is 545 g/mol. The topological polar surface area (TPSA) is 120 Å². The number of halogens is 1. The lowest BCUT2D eigenvalue weighted by molar-refractivity contribution is 0.102. The summed E-state index contributed by atoms with van der Waals surface area (Å²) in [6, 6.07) is 14.0. The second-order valence-corrected chi connectivity index (χ2v) is 10.5. The van der Waals surface area contributed by atoms with E-state index < -0.39 is 21.3 Å². The number of hydrogen-bond acceptors (Lipinski definition) is 7. The van der Waals surface area contributed by atoms with E-state index in [2.05, 4.69) is 26.2 Å². The van der Waals surface area contributed by atoms with Crippen LogP contribution in [0.5, 0.6) is 5.75 Å². The van der Waals surface area contributed by atoms with E-state index in [0.717, 1.165) is 4.57 Å². The number of aryl methyl sites for hydroxylation is 1. The van der Waals surface area contributed by atoms with Crippen molar-refractivity contribution in [2.24, 2.45) is 0 Å². The Morgan fingerprint density at radius 3 is 2.68 bits per heavy atom. The normalized spacial score (nSPS) is 11.5. The molecule has 0 aliphatic rings. The minimum Gasteiger partial charge on any atom is -0.485 e. The van der Waals surface area contributed by atoms with E-state index in [0.29, 0.717) is 27.1 Å². The number of anilines is 1. The number of ether oxygens (including phenoxy) is 1. The van der Waals surface area contributed by atoms with Gasteiger partial charge in [0.2, 0.25) is 0 Å². The molecule has 1 N–H and O–H groups in total. The first-order chi connectivity index (χ1) is 16.2. The average molecular weight is 546 g/mol. The third-order valence-electron chi connectivity index (χ3n) is 4.96. The largest absolute Gasteiger partial charge is 0.485 e. The summed E-state index contributed by atoms with van der Waals surface area (Å²) in [7, 11) is -3.52. The van der Waals surface area contributed by atoms with Crippen LogP contribution in [-0.4, -0.2) is 29.6 Å². The van der Waals surface area contributed by atoms with Gasteiger partial charge in [-0.05, 0) is 53.2 Å². The van der Waals surface area contributed by atoms with Crippen molar-refractivity contribution in [3.8, 4) is 5.75 Å². The van der Waals surface area contributed by atoms with Crippen LogP contribution in [0.4, 0.5) is 5.69 Å². The summed E-state index contributed by atoms with van der Waals surface area (Å²) in [6.07, 6.45) is 0. The maximum Gasteiger partial charge on any atom is 0.287 e. The smallest absolute Gasteiger partial charge is 0.287 e. The third-order valence-corrected chi connectivity index (χ3v) is 7.38. The maximum absolute atomic E-state index is 12.9. The molecule has 2 heterocycles. The van der Waals surface area contributed by atoms with E-state index in [1.54, 1.807) is 37.3 Å². The molecule has 1 amide bonds. The second kappa shape index (κ2) is 9.43. The van der Waals surface area contributed by atoms with Crippen molar-refractivity contribution in [2.45, 2.75) is 25.3 Å². The van der Waals surface area contributed by atoms with Crippen LogP contribution in [0.15, 0.2) is 73.3 Å². The van der Waals surface area contributed by atoms with Gasteiger partial charge in [-0.25, -0.2) is 13.4 Å². The number of rotatable bonds is 7. The van der Waals surface area contributed by atoms with Crippen LogP contribution in [-0.2, 0) is 16.4 Å². The number of nitrogens with one attached hydrogen (secondary N) is 1. The molecule has 0 unspecified atom stereocenters. The van der Waals surface area contributed by atoms with Gasteiger partial charge in [0.25, 0.3) is 11.5 Å². The van der Waals surface area contributed by atoms with Crippen molar-refractivity contribution in [1.82, 2.24) is 9.56 Å². The summed E-state index contributed by atoms with van der Waals surface area (Å²) in [5, 5.41) is 2.73. The Morgan fingerprint density at radius 1 is 1.18 bits per heavy atom. The Hall–Kier alpha value is -3.44. The van der Waals surface area contributed by atoms with Gasteiger partial charge in [0.1, 0.15) is 18.1 Å². The molecule has 0 saturated carbocycles. The van der Waals surface area contributed by atoms with E-state index in [-0.39, 0.29) is 28.7 Å². The van der Waals surface area contributed by atoms with Crippen LogP contribution in [0.25, 0.3) is 5.65 Å². The molecule has 0 radical (unpaired) electrons. The number of fused-ring (bicyclic) bond motifs is 1. The highest BCUT2D eigenvalue weighted by molar-refractivity contribution is 9.10. The van der Waals surface area contributed by atoms with Gasteiger partial charge in [-0.3, -0.25) is 9.59 Å². The van der Waals surface area contributed by atoms with Crippen molar-refractivity contribution in [3.63, 3.8) is 0 Å². The third kappa shape index (κ3) is 4.90. The van der Waals surface area contributed by atoms with E-state index in [1.165, 1.54) is 31.2 Å². The molecule has 34 heavy (non-hydrogen) atoms. The average Bonchev–Trinajstić information content (AvgIpc) is 3.19. The van der Waals surface area contributed by atoms with Crippen LogP contribution >= 0.6 is 15.9 Å². The molecule has 11 heteroatoms. The molecule has 9 nitrogen and oxygen atoms in total. The first kappa shape index (κ1) is 23.7. The van der Waals surface area contributed by atoms with Crippen molar-refractivity contribution < 1.29 is 22.5 Å². The SMILES string of the molecule is CCS(=O)(=O)c1ccc(OCc2cc(=O)n3oc(C)cc3n2)c(NC(=O)c2ccccc2Br)c1. The number of aromatic nitrogens is 2. The summed E-state index contributed by atoms with van der Waals surface area (Å²) >= 11 is 3.34. The van der Waals surface area contributed by atoms with Gasteiger partial charge in [-0.15, -0.1) is 4.57 Å². The Labute approximate surface area is 203 Å². The van der Waals surface area contributed by atoms with Crippen molar-refractivity contribution in [2.75, 3.05) is 11.1 Å². The van der Waals surface area contributed by atoms with E-state index in [4.69, 9.17) is 9.26 Å². The summed E-state index contributed by atoms with van der Waals surface area (Å²) in [6.45, 7) is 3.15. The number of hydrogen-bond donors (Lipinski definition) is 1. The minimum atomic E-state index is -3.52. The number of carbonyl (C=O) groups is 1. The number of carbonyl (C=O) groups excluding carboxylic acids is 1. The zero-order valence-corrected chi connectivity index (χ0v) is 20.6. The zero-order chi connectivity index (χ0) is 24.5. The summed E-state index contributed by atoms with van der Waals surface area (Å²) in [5.41, 5.74) is 0.832. The quantitative estimate of drug-likeness (QED) is 0.372. The molecule has 0 saturated heterocycles. The van der Waals surface area contributed by atoms with Gasteiger partial charge >= 0.3 is 0 Å². The van der Waals surface area contributed by atoms with Crippen LogP contribution < -0.4 is 15.6 Å². The Balaban J connectivity index is 1.66. The number of benzene rings is 2. The Morgan fingerprint density at radius 2 is 1.94 bits per heavy atom. The first-order valence-electron chi connectivity index (χ1n) is 10.2. The summed E-state index contributed by atoms with van der Waals surface area (Å²) in [5.74, 6) is 0.214. The highest BCUT2D eigenvalue weighted by atomic mass is 79.9. The number of nitrogens with zero attached hydrogens (tertiary/aromatic N) is 2. The van der Waals surface area contributed by atoms with E-state index in [1.807, 2.05) is 0 Å². The standard InChI is InChI=1S/C23H20BrN3O6S/c1-3-34(30,31)16-8-9-20(19(12-16)26-23(29)17-6-4-5-7-18(17)24)32-13-15-11-22(28)27-21(25-15)10-14(2)33-27/h4-12H,3,13H2,1-2H3,(H,26,29). The second-order valence-electron chi connectivity index (χ2n) is 7.37. The first-order valence-corrected chi connectivity index (χ1v) is 12.7. The predicted octanol–water partition coefficient (Wildman–Crippen LogP) is 3.98. The van der Waals surface area contributed by atoms with Crippen LogP contribution in [0.2, 0.25) is 0 Å². The lowest BCUT2D eigenvalue weighted by atomic mass is 10.2. The Kier molecular flexibility index (Phi) is 6.58. The van der Waals surface area contributed by atoms with Gasteiger partial charge < -0.3 is 14.6 Å². The van der Waals surface area contributed by atoms with Gasteiger partial charge in [-0.1, -0.05) is 19.1 Å². The minimum absolute atomic E-state index is 0.0523. The van der Waals surface area contributed by atoms with Crippen LogP contribution in [0.1, 0.15) is 28.7 Å². The molecule has 0 atom stereocenters. The molecule has 0 aliphatic heterocycles. The van der Waals surface area contributed by atoms with Gasteiger partial charge in [0.15, 0.2) is 15.5 Å². The molecule has 0 bridgehead atoms. The maximum atomic E-state index is 12.9. The van der Waals surface area contributed by atoms with Gasteiger partial charge in [0, 0.05) is 16.6 Å². The van der Waals surface area contributed by atoms with Gasteiger partial charge in [-0.2, -0.15) is 0 Å². The highest BCUT2D eigenvalue weighted by Gasteiger charge is 2.18. The molecule has 0 aliphatic carbocycles. The molecule has 4 rings (SSSR count). The molecule has 176 valence electrons. The van der Waals surface area contributed by atoms with Crippen LogP contribution in [0.3, 0.4) is 0 Å². The van der Waals surface area contributed by atoms with Crippen LogP contribution in [0, 0.1) is 6.92 Å². The Bertz CT molecular complexity index is 1560.